The van der Waals surface area contributed by atoms with E-state index in [9.17, 15) is 9.59 Å². The van der Waals surface area contributed by atoms with E-state index in [0.717, 1.165) is 0 Å². The number of aryl methyl sites for hydroxylation is 1. The Balaban J connectivity index is 1.59. The first-order valence-electron chi connectivity index (χ1n) is 9.37. The molecule has 1 fully saturated rings. The van der Waals surface area contributed by atoms with Gasteiger partial charge >= 0.3 is 0 Å². The number of morpholine rings is 1. The third-order valence-corrected chi connectivity index (χ3v) is 4.91. The predicted molar refractivity (Wildman–Crippen MR) is 105 cm³/mol. The summed E-state index contributed by atoms with van der Waals surface area (Å²) >= 11 is 5.89. The molecule has 0 bridgehead atoms. The summed E-state index contributed by atoms with van der Waals surface area (Å²) in [5.74, 6) is 0.0806. The topological polar surface area (TPSA) is 113 Å². The minimum Gasteiger partial charge on any atom is -0.490 e. The summed E-state index contributed by atoms with van der Waals surface area (Å²) < 4.78 is 13.4. The smallest absolute Gasteiger partial charge is 0.222 e. The molecule has 29 heavy (non-hydrogen) atoms. The van der Waals surface area contributed by atoms with Crippen LogP contribution < -0.4 is 10.5 Å². The number of carbonyl (C=O) groups is 2. The highest BCUT2D eigenvalue weighted by atomic mass is 35.5. The lowest BCUT2D eigenvalue weighted by Crippen LogP contribution is -2.58. The van der Waals surface area contributed by atoms with Crippen LogP contribution in [0.1, 0.15) is 19.3 Å². The molecule has 1 aliphatic rings. The number of rotatable bonds is 9. The lowest BCUT2D eigenvalue weighted by atomic mass is 9.97. The Morgan fingerprint density at radius 2 is 2.10 bits per heavy atom. The Morgan fingerprint density at radius 1 is 1.31 bits per heavy atom. The van der Waals surface area contributed by atoms with Crippen molar-refractivity contribution in [2.45, 2.75) is 31.4 Å². The van der Waals surface area contributed by atoms with Crippen molar-refractivity contribution in [2.75, 3.05) is 26.3 Å². The van der Waals surface area contributed by atoms with Gasteiger partial charge in [-0.05, 0) is 30.7 Å². The summed E-state index contributed by atoms with van der Waals surface area (Å²) in [7, 11) is 0. The van der Waals surface area contributed by atoms with Gasteiger partial charge in [0.15, 0.2) is 0 Å². The molecule has 0 aliphatic carbocycles. The van der Waals surface area contributed by atoms with Gasteiger partial charge in [-0.1, -0.05) is 11.6 Å². The minimum atomic E-state index is -0.981. The van der Waals surface area contributed by atoms with Crippen molar-refractivity contribution in [1.29, 1.82) is 0 Å². The van der Waals surface area contributed by atoms with Gasteiger partial charge < -0.3 is 20.1 Å². The van der Waals surface area contributed by atoms with Crippen LogP contribution in [0.5, 0.6) is 5.75 Å². The Morgan fingerprint density at radius 3 is 2.79 bits per heavy atom. The number of nitrogens with two attached hydrogens (primary N) is 1. The van der Waals surface area contributed by atoms with E-state index in [2.05, 4.69) is 10.1 Å². The molecular formula is C19H24ClN5O4. The van der Waals surface area contributed by atoms with Crippen molar-refractivity contribution >= 4 is 23.4 Å². The van der Waals surface area contributed by atoms with Crippen LogP contribution in [0.15, 0.2) is 36.9 Å². The molecule has 1 aromatic carbocycles. The second-order valence-corrected chi connectivity index (χ2v) is 7.43. The lowest BCUT2D eigenvalue weighted by Gasteiger charge is -2.42. The zero-order valence-electron chi connectivity index (χ0n) is 16.0. The third kappa shape index (κ3) is 6.16. The monoisotopic (exact) mass is 421 g/mol. The Bertz CT molecular complexity index is 815. The molecule has 2 heterocycles. The Labute approximate surface area is 173 Å². The predicted octanol–water partition coefficient (Wildman–Crippen LogP) is 1.26. The molecule has 2 amide bonds. The Hall–Kier alpha value is -2.65. The number of nitrogens with zero attached hydrogens (tertiary/aromatic N) is 4. The average molecular weight is 422 g/mol. The summed E-state index contributed by atoms with van der Waals surface area (Å²) in [4.78, 5) is 29.9. The summed E-state index contributed by atoms with van der Waals surface area (Å²) in [6.45, 7) is 1.73. The van der Waals surface area contributed by atoms with Crippen LogP contribution in [0.25, 0.3) is 0 Å². The molecule has 2 aromatic rings. The van der Waals surface area contributed by atoms with Crippen LogP contribution >= 0.6 is 11.6 Å². The van der Waals surface area contributed by atoms with E-state index >= 15 is 0 Å². The highest BCUT2D eigenvalue weighted by Crippen LogP contribution is 2.25. The number of hydrogen-bond donors (Lipinski definition) is 1. The molecule has 2 N–H and O–H groups in total. The molecule has 1 aliphatic heterocycles. The first kappa shape index (κ1) is 21.1. The van der Waals surface area contributed by atoms with E-state index in [0.29, 0.717) is 43.3 Å². The van der Waals surface area contributed by atoms with Crippen LogP contribution in [-0.2, 0) is 20.9 Å². The number of hydrogen-bond acceptors (Lipinski definition) is 6. The second kappa shape index (κ2) is 9.71. The van der Waals surface area contributed by atoms with Gasteiger partial charge in [0, 0.05) is 24.5 Å². The molecule has 0 unspecified atom stereocenters. The fraction of sp³-hybridized carbons (Fsp3) is 0.474. The van der Waals surface area contributed by atoms with Gasteiger partial charge in [-0.25, -0.2) is 4.98 Å². The summed E-state index contributed by atoms with van der Waals surface area (Å²) in [6.07, 6.45) is 4.05. The largest absolute Gasteiger partial charge is 0.490 e. The maximum Gasteiger partial charge on any atom is 0.222 e. The fourth-order valence-electron chi connectivity index (χ4n) is 3.26. The van der Waals surface area contributed by atoms with E-state index < -0.39 is 11.5 Å². The van der Waals surface area contributed by atoms with Crippen molar-refractivity contribution in [3.05, 3.63) is 41.9 Å². The van der Waals surface area contributed by atoms with Crippen molar-refractivity contribution in [3.8, 4) is 5.75 Å². The number of halogens is 1. The number of amides is 2. The highest BCUT2D eigenvalue weighted by molar-refractivity contribution is 6.30. The molecule has 3 rings (SSSR count). The zero-order chi connectivity index (χ0) is 20.7. The van der Waals surface area contributed by atoms with Gasteiger partial charge in [0.1, 0.15) is 30.6 Å². The van der Waals surface area contributed by atoms with Crippen molar-refractivity contribution in [3.63, 3.8) is 0 Å². The second-order valence-electron chi connectivity index (χ2n) is 6.99. The molecule has 1 atom stereocenters. The van der Waals surface area contributed by atoms with E-state index in [1.807, 2.05) is 0 Å². The quantitative estimate of drug-likeness (QED) is 0.652. The van der Waals surface area contributed by atoms with Crippen molar-refractivity contribution < 1.29 is 19.1 Å². The van der Waals surface area contributed by atoms with E-state index in [1.165, 1.54) is 6.33 Å². The molecule has 1 saturated heterocycles. The van der Waals surface area contributed by atoms with E-state index in [-0.39, 0.29) is 25.5 Å². The first-order valence-corrected chi connectivity index (χ1v) is 9.74. The first-order chi connectivity index (χ1) is 14.0. The van der Waals surface area contributed by atoms with Gasteiger partial charge in [-0.2, -0.15) is 5.10 Å². The van der Waals surface area contributed by atoms with E-state index in [4.69, 9.17) is 26.8 Å². The van der Waals surface area contributed by atoms with Gasteiger partial charge in [0.25, 0.3) is 0 Å². The van der Waals surface area contributed by atoms with Gasteiger partial charge in [-0.3, -0.25) is 14.3 Å². The molecule has 0 saturated carbocycles. The number of primary amides is 1. The summed E-state index contributed by atoms with van der Waals surface area (Å²) in [5.41, 5.74) is 4.46. The molecule has 9 nitrogen and oxygen atoms in total. The lowest BCUT2D eigenvalue weighted by molar-refractivity contribution is -0.161. The number of carbonyl (C=O) groups excluding carboxylic acids is 2. The number of benzene rings is 1. The van der Waals surface area contributed by atoms with E-state index in [1.54, 1.807) is 40.2 Å². The minimum absolute atomic E-state index is 0.00578. The standard InChI is InChI=1S/C19H24ClN5O4/c20-15-3-5-16(6-4-15)28-12-19(10-17(21)26)11-24(8-9-29-19)18(27)2-1-7-25-14-22-13-23-25/h3-6,13-14H,1-2,7-12H2,(H2,21,26)/t19-/m0/s1. The molecule has 156 valence electrons. The molecule has 0 radical (unpaired) electrons. The van der Waals surface area contributed by atoms with Crippen LogP contribution in [-0.4, -0.2) is 63.4 Å². The fourth-order valence-corrected chi connectivity index (χ4v) is 3.39. The SMILES string of the molecule is NC(=O)C[C@@]1(COc2ccc(Cl)cc2)CN(C(=O)CCCn2cncn2)CCO1. The molecule has 1 aromatic heterocycles. The van der Waals surface area contributed by atoms with Gasteiger partial charge in [-0.15, -0.1) is 0 Å². The van der Waals surface area contributed by atoms with Gasteiger partial charge in [0.2, 0.25) is 11.8 Å². The van der Waals surface area contributed by atoms with Crippen LogP contribution in [0, 0.1) is 0 Å². The number of aromatic nitrogens is 3. The highest BCUT2D eigenvalue weighted by Gasteiger charge is 2.40. The summed E-state index contributed by atoms with van der Waals surface area (Å²) in [5, 5.41) is 4.62. The van der Waals surface area contributed by atoms with Crippen molar-refractivity contribution in [1.82, 2.24) is 19.7 Å². The van der Waals surface area contributed by atoms with Crippen LogP contribution in [0.2, 0.25) is 5.02 Å². The van der Waals surface area contributed by atoms with Crippen LogP contribution in [0.4, 0.5) is 0 Å². The normalized spacial score (nSPS) is 19.1. The molecule has 10 heteroatoms. The molecule has 0 spiro atoms. The Kier molecular flexibility index (Phi) is 7.05. The zero-order valence-corrected chi connectivity index (χ0v) is 16.8. The average Bonchev–Trinajstić information content (AvgIpc) is 3.21. The maximum absolute atomic E-state index is 12.7. The number of ether oxygens (including phenoxy) is 2. The maximum atomic E-state index is 12.7. The van der Waals surface area contributed by atoms with Crippen molar-refractivity contribution in [2.24, 2.45) is 5.73 Å². The third-order valence-electron chi connectivity index (χ3n) is 4.66. The summed E-state index contributed by atoms with van der Waals surface area (Å²) in [6, 6.07) is 6.89. The van der Waals surface area contributed by atoms with Gasteiger partial charge in [0.05, 0.1) is 19.6 Å². The van der Waals surface area contributed by atoms with Crippen LogP contribution in [0.3, 0.4) is 0 Å². The molecular weight excluding hydrogens is 398 g/mol.